The van der Waals surface area contributed by atoms with Crippen molar-refractivity contribution in [2.45, 2.75) is 39.7 Å². The molecule has 1 aromatic rings. The zero-order valence-corrected chi connectivity index (χ0v) is 13.0. The van der Waals surface area contributed by atoms with E-state index in [4.69, 9.17) is 0 Å². The van der Waals surface area contributed by atoms with E-state index in [1.807, 2.05) is 30.3 Å². The molecule has 1 aliphatic rings. The van der Waals surface area contributed by atoms with E-state index in [1.54, 1.807) is 0 Å². The molecule has 0 aromatic heterocycles. The van der Waals surface area contributed by atoms with E-state index in [2.05, 4.69) is 31.4 Å². The number of piperidine rings is 1. The molecule has 1 aromatic carbocycles. The van der Waals surface area contributed by atoms with Crippen LogP contribution in [0.4, 0.5) is 0 Å². The Labute approximate surface area is 126 Å². The van der Waals surface area contributed by atoms with Gasteiger partial charge in [-0.1, -0.05) is 51.1 Å². The number of carbonyl (C=O) groups excluding carboxylic acids is 2. The first-order chi connectivity index (χ1) is 9.88. The van der Waals surface area contributed by atoms with Crippen LogP contribution in [0.3, 0.4) is 0 Å². The van der Waals surface area contributed by atoms with Gasteiger partial charge in [-0.3, -0.25) is 9.59 Å². The monoisotopic (exact) mass is 288 g/mol. The van der Waals surface area contributed by atoms with Crippen molar-refractivity contribution in [2.75, 3.05) is 6.54 Å². The van der Waals surface area contributed by atoms with Crippen molar-refractivity contribution in [3.05, 3.63) is 35.9 Å². The third kappa shape index (κ3) is 4.06. The second-order valence-electron chi connectivity index (χ2n) is 6.76. The summed E-state index contributed by atoms with van der Waals surface area (Å²) < 4.78 is 0. The Morgan fingerprint density at radius 1 is 1.29 bits per heavy atom. The van der Waals surface area contributed by atoms with Crippen LogP contribution in [-0.4, -0.2) is 18.4 Å². The summed E-state index contributed by atoms with van der Waals surface area (Å²) in [5.74, 6) is -0.0653. The molecule has 0 spiro atoms. The first-order valence-corrected chi connectivity index (χ1v) is 7.50. The van der Waals surface area contributed by atoms with Gasteiger partial charge in [0.05, 0.1) is 12.0 Å². The minimum atomic E-state index is -0.128. The summed E-state index contributed by atoms with van der Waals surface area (Å²) in [6, 6.07) is 9.99. The topological polar surface area (TPSA) is 58.2 Å². The molecular formula is C17H24N2O2. The largest absolute Gasteiger partial charge is 0.355 e. The van der Waals surface area contributed by atoms with Crippen molar-refractivity contribution >= 4 is 11.8 Å². The van der Waals surface area contributed by atoms with Crippen LogP contribution in [0.25, 0.3) is 0 Å². The molecule has 2 amide bonds. The lowest BCUT2D eigenvalue weighted by Crippen LogP contribution is -2.46. The molecule has 1 saturated heterocycles. The van der Waals surface area contributed by atoms with Gasteiger partial charge < -0.3 is 10.6 Å². The highest BCUT2D eigenvalue weighted by molar-refractivity contribution is 5.84. The van der Waals surface area contributed by atoms with Gasteiger partial charge in [0.1, 0.15) is 0 Å². The highest BCUT2D eigenvalue weighted by atomic mass is 16.2. The number of amides is 2. The first kappa shape index (κ1) is 15.5. The maximum atomic E-state index is 12.5. The summed E-state index contributed by atoms with van der Waals surface area (Å²) in [5, 5.41) is 5.93. The molecule has 0 bridgehead atoms. The maximum absolute atomic E-state index is 12.5. The molecule has 2 N–H and O–H groups in total. The van der Waals surface area contributed by atoms with E-state index >= 15 is 0 Å². The summed E-state index contributed by atoms with van der Waals surface area (Å²) in [4.78, 5) is 23.7. The number of hydrogen-bond donors (Lipinski definition) is 2. The van der Waals surface area contributed by atoms with Crippen LogP contribution in [0, 0.1) is 11.3 Å². The van der Waals surface area contributed by atoms with Crippen LogP contribution in [-0.2, 0) is 9.59 Å². The minimum absolute atomic E-state index is 0.0266. The Morgan fingerprint density at radius 3 is 2.48 bits per heavy atom. The number of carbonyl (C=O) groups is 2. The zero-order valence-electron chi connectivity index (χ0n) is 13.0. The van der Waals surface area contributed by atoms with Crippen molar-refractivity contribution in [1.29, 1.82) is 0 Å². The van der Waals surface area contributed by atoms with Crippen LogP contribution in [0.15, 0.2) is 30.3 Å². The third-order valence-corrected chi connectivity index (χ3v) is 3.92. The maximum Gasteiger partial charge on any atom is 0.225 e. The van der Waals surface area contributed by atoms with Gasteiger partial charge >= 0.3 is 0 Å². The summed E-state index contributed by atoms with van der Waals surface area (Å²) in [6.45, 7) is 6.80. The fourth-order valence-corrected chi connectivity index (χ4v) is 2.66. The molecule has 1 heterocycles. The zero-order chi connectivity index (χ0) is 15.5. The molecule has 2 unspecified atom stereocenters. The lowest BCUT2D eigenvalue weighted by Gasteiger charge is -2.34. The van der Waals surface area contributed by atoms with E-state index in [0.717, 1.165) is 5.56 Å². The van der Waals surface area contributed by atoms with Gasteiger partial charge in [0.25, 0.3) is 0 Å². The Morgan fingerprint density at radius 2 is 1.95 bits per heavy atom. The van der Waals surface area contributed by atoms with Crippen molar-refractivity contribution < 1.29 is 9.59 Å². The van der Waals surface area contributed by atoms with E-state index in [9.17, 15) is 9.59 Å². The predicted octanol–water partition coefficient (Wildman–Crippen LogP) is 2.42. The van der Waals surface area contributed by atoms with Gasteiger partial charge in [0.15, 0.2) is 0 Å². The predicted molar refractivity (Wildman–Crippen MR) is 82.5 cm³/mol. The molecule has 2 rings (SSSR count). The fourth-order valence-electron chi connectivity index (χ4n) is 2.66. The summed E-state index contributed by atoms with van der Waals surface area (Å²) >= 11 is 0. The quantitative estimate of drug-likeness (QED) is 0.897. The van der Waals surface area contributed by atoms with Gasteiger partial charge in [-0.2, -0.15) is 0 Å². The molecule has 2 atom stereocenters. The molecule has 1 aliphatic heterocycles. The average Bonchev–Trinajstić information content (AvgIpc) is 2.45. The number of rotatable bonds is 3. The van der Waals surface area contributed by atoms with Gasteiger partial charge in [-0.05, 0) is 17.4 Å². The average molecular weight is 288 g/mol. The second-order valence-corrected chi connectivity index (χ2v) is 6.76. The highest BCUT2D eigenvalue weighted by Gasteiger charge is 2.31. The Bertz CT molecular complexity index is 495. The van der Waals surface area contributed by atoms with E-state index < -0.39 is 0 Å². The molecular weight excluding hydrogens is 264 g/mol. The van der Waals surface area contributed by atoms with Crippen LogP contribution >= 0.6 is 0 Å². The molecule has 0 radical (unpaired) electrons. The summed E-state index contributed by atoms with van der Waals surface area (Å²) in [5.41, 5.74) is 1.03. The van der Waals surface area contributed by atoms with Gasteiger partial charge in [0, 0.05) is 13.0 Å². The van der Waals surface area contributed by atoms with Crippen molar-refractivity contribution in [1.82, 2.24) is 10.6 Å². The lowest BCUT2D eigenvalue weighted by molar-refractivity contribution is -0.130. The van der Waals surface area contributed by atoms with E-state index in [1.165, 1.54) is 0 Å². The fraction of sp³-hybridized carbons (Fsp3) is 0.529. The molecule has 0 aliphatic carbocycles. The van der Waals surface area contributed by atoms with Crippen LogP contribution in [0.2, 0.25) is 0 Å². The van der Waals surface area contributed by atoms with E-state index in [-0.39, 0.29) is 29.2 Å². The number of hydrogen-bond acceptors (Lipinski definition) is 2. The Kier molecular flexibility index (Phi) is 4.66. The SMILES string of the molecule is CC(C)(C)C(NC(=O)C1CCC(=O)NC1)c1ccccc1. The molecule has 114 valence electrons. The summed E-state index contributed by atoms with van der Waals surface area (Å²) in [7, 11) is 0. The molecule has 0 saturated carbocycles. The van der Waals surface area contributed by atoms with E-state index in [0.29, 0.717) is 19.4 Å². The van der Waals surface area contributed by atoms with Gasteiger partial charge in [0.2, 0.25) is 11.8 Å². The van der Waals surface area contributed by atoms with Crippen molar-refractivity contribution in [2.24, 2.45) is 11.3 Å². The van der Waals surface area contributed by atoms with Gasteiger partial charge in [-0.25, -0.2) is 0 Å². The van der Waals surface area contributed by atoms with Crippen LogP contribution in [0.5, 0.6) is 0 Å². The molecule has 1 fully saturated rings. The summed E-state index contributed by atoms with van der Waals surface area (Å²) in [6.07, 6.45) is 1.06. The Hall–Kier alpha value is -1.84. The number of benzene rings is 1. The highest BCUT2D eigenvalue weighted by Crippen LogP contribution is 2.33. The second kappa shape index (κ2) is 6.29. The lowest BCUT2D eigenvalue weighted by atomic mass is 9.82. The van der Waals surface area contributed by atoms with Crippen molar-refractivity contribution in [3.63, 3.8) is 0 Å². The van der Waals surface area contributed by atoms with Gasteiger partial charge in [-0.15, -0.1) is 0 Å². The molecule has 4 nitrogen and oxygen atoms in total. The molecule has 4 heteroatoms. The molecule has 21 heavy (non-hydrogen) atoms. The minimum Gasteiger partial charge on any atom is -0.355 e. The number of nitrogens with one attached hydrogen (secondary N) is 2. The Balaban J connectivity index is 2.09. The standard InChI is InChI=1S/C17H24N2O2/c1-17(2,3)15(12-7-5-4-6-8-12)19-16(21)13-9-10-14(20)18-11-13/h4-8,13,15H,9-11H2,1-3H3,(H,18,20)(H,19,21). The van der Waals surface area contributed by atoms with Crippen LogP contribution in [0.1, 0.15) is 45.2 Å². The third-order valence-electron chi connectivity index (χ3n) is 3.92. The first-order valence-electron chi connectivity index (χ1n) is 7.50. The van der Waals surface area contributed by atoms with Crippen molar-refractivity contribution in [3.8, 4) is 0 Å². The normalized spacial score (nSPS) is 20.5. The van der Waals surface area contributed by atoms with Crippen LogP contribution < -0.4 is 10.6 Å². The smallest absolute Gasteiger partial charge is 0.225 e.